The van der Waals surface area contributed by atoms with Crippen LogP contribution in [0.4, 0.5) is 0 Å². The summed E-state index contributed by atoms with van der Waals surface area (Å²) in [5.41, 5.74) is 0.0454. The summed E-state index contributed by atoms with van der Waals surface area (Å²) < 4.78 is 5.14. The first-order valence-corrected chi connectivity index (χ1v) is 6.49. The molecule has 18 heavy (non-hydrogen) atoms. The Morgan fingerprint density at radius 3 is 2.89 bits per heavy atom. The van der Waals surface area contributed by atoms with Gasteiger partial charge in [-0.3, -0.25) is 4.79 Å². The van der Waals surface area contributed by atoms with E-state index in [2.05, 4.69) is 10.3 Å². The molecule has 1 aromatic heterocycles. The number of nitrogens with zero attached hydrogens (tertiary/aromatic N) is 1. The van der Waals surface area contributed by atoms with Crippen LogP contribution in [0.5, 0.6) is 0 Å². The molecule has 6 nitrogen and oxygen atoms in total. The molecule has 1 rings (SSSR count). The standard InChI is InChI=1S/C11H16N2O4S/c1-3-17-7(2)10(14)12-5-4-9-13-8(6-18-9)11(15)16/h6-7H,3-5H2,1-2H3,(H,12,14)(H,15,16). The summed E-state index contributed by atoms with van der Waals surface area (Å²) in [5.74, 6) is -1.21. The molecule has 0 fully saturated rings. The molecule has 1 unspecified atom stereocenters. The molecule has 0 aromatic carbocycles. The second kappa shape index (κ2) is 7.07. The summed E-state index contributed by atoms with van der Waals surface area (Å²) in [6.45, 7) is 4.42. The molecule has 0 saturated carbocycles. The Hall–Kier alpha value is -1.47. The number of carbonyl (C=O) groups excluding carboxylic acids is 1. The van der Waals surface area contributed by atoms with Crippen LogP contribution in [0.15, 0.2) is 5.38 Å². The third-order valence-corrected chi connectivity index (χ3v) is 3.10. The molecule has 0 aliphatic rings. The first-order valence-electron chi connectivity index (χ1n) is 5.61. The van der Waals surface area contributed by atoms with Crippen molar-refractivity contribution in [2.75, 3.05) is 13.2 Å². The summed E-state index contributed by atoms with van der Waals surface area (Å²) in [5, 5.41) is 13.6. The molecule has 100 valence electrons. The fourth-order valence-corrected chi connectivity index (χ4v) is 2.06. The number of amides is 1. The Balaban J connectivity index is 2.32. The maximum Gasteiger partial charge on any atom is 0.355 e. The van der Waals surface area contributed by atoms with Gasteiger partial charge in [-0.25, -0.2) is 9.78 Å². The molecular formula is C11H16N2O4S. The van der Waals surface area contributed by atoms with Gasteiger partial charge in [-0.15, -0.1) is 11.3 Å². The van der Waals surface area contributed by atoms with Gasteiger partial charge in [-0.05, 0) is 13.8 Å². The summed E-state index contributed by atoms with van der Waals surface area (Å²) in [6, 6.07) is 0. The zero-order valence-electron chi connectivity index (χ0n) is 10.3. The van der Waals surface area contributed by atoms with Crippen LogP contribution in [0.1, 0.15) is 29.3 Å². The van der Waals surface area contributed by atoms with Gasteiger partial charge in [0, 0.05) is 25.0 Å². The van der Waals surface area contributed by atoms with E-state index in [0.29, 0.717) is 24.6 Å². The summed E-state index contributed by atoms with van der Waals surface area (Å²) in [4.78, 5) is 26.0. The Bertz CT molecular complexity index is 419. The van der Waals surface area contributed by atoms with E-state index in [4.69, 9.17) is 9.84 Å². The molecule has 0 radical (unpaired) electrons. The number of aromatic nitrogens is 1. The van der Waals surface area contributed by atoms with E-state index >= 15 is 0 Å². The average molecular weight is 272 g/mol. The largest absolute Gasteiger partial charge is 0.476 e. The minimum atomic E-state index is -1.04. The highest BCUT2D eigenvalue weighted by Gasteiger charge is 2.12. The van der Waals surface area contributed by atoms with E-state index in [0.717, 1.165) is 0 Å². The molecule has 0 spiro atoms. The highest BCUT2D eigenvalue weighted by molar-refractivity contribution is 7.09. The smallest absolute Gasteiger partial charge is 0.355 e. The number of nitrogens with one attached hydrogen (secondary N) is 1. The first kappa shape index (κ1) is 14.6. The van der Waals surface area contributed by atoms with E-state index < -0.39 is 12.1 Å². The highest BCUT2D eigenvalue weighted by Crippen LogP contribution is 2.09. The van der Waals surface area contributed by atoms with E-state index in [9.17, 15) is 9.59 Å². The Labute approximate surface area is 109 Å². The predicted molar refractivity (Wildman–Crippen MR) is 66.9 cm³/mol. The number of thiazole rings is 1. The van der Waals surface area contributed by atoms with Crippen molar-refractivity contribution in [1.29, 1.82) is 0 Å². The zero-order chi connectivity index (χ0) is 13.5. The topological polar surface area (TPSA) is 88.5 Å². The molecule has 7 heteroatoms. The normalized spacial score (nSPS) is 12.1. The monoisotopic (exact) mass is 272 g/mol. The van der Waals surface area contributed by atoms with Gasteiger partial charge in [-0.1, -0.05) is 0 Å². The molecule has 0 bridgehead atoms. The number of hydrogen-bond acceptors (Lipinski definition) is 5. The average Bonchev–Trinajstić information content (AvgIpc) is 2.78. The van der Waals surface area contributed by atoms with E-state index in [1.165, 1.54) is 16.7 Å². The fraction of sp³-hybridized carbons (Fsp3) is 0.545. The zero-order valence-corrected chi connectivity index (χ0v) is 11.1. The van der Waals surface area contributed by atoms with Crippen molar-refractivity contribution in [3.05, 3.63) is 16.1 Å². The number of carboxylic acids is 1. The van der Waals surface area contributed by atoms with Gasteiger partial charge in [0.25, 0.3) is 0 Å². The number of rotatable bonds is 7. The quantitative estimate of drug-likeness (QED) is 0.770. The molecule has 1 atom stereocenters. The van der Waals surface area contributed by atoms with Crippen molar-refractivity contribution in [3.63, 3.8) is 0 Å². The molecule has 1 aromatic rings. The van der Waals surface area contributed by atoms with Crippen molar-refractivity contribution >= 4 is 23.2 Å². The minimum Gasteiger partial charge on any atom is -0.476 e. The highest BCUT2D eigenvalue weighted by atomic mass is 32.1. The lowest BCUT2D eigenvalue weighted by atomic mass is 10.3. The molecule has 0 aliphatic heterocycles. The van der Waals surface area contributed by atoms with Crippen molar-refractivity contribution in [2.45, 2.75) is 26.4 Å². The van der Waals surface area contributed by atoms with Gasteiger partial charge in [0.15, 0.2) is 5.69 Å². The van der Waals surface area contributed by atoms with Crippen molar-refractivity contribution in [2.24, 2.45) is 0 Å². The Morgan fingerprint density at radius 1 is 1.61 bits per heavy atom. The van der Waals surface area contributed by atoms with Crippen LogP contribution in [-0.2, 0) is 16.0 Å². The Morgan fingerprint density at radius 2 is 2.33 bits per heavy atom. The van der Waals surface area contributed by atoms with Gasteiger partial charge in [-0.2, -0.15) is 0 Å². The third kappa shape index (κ3) is 4.42. The maximum absolute atomic E-state index is 11.5. The van der Waals surface area contributed by atoms with Crippen LogP contribution in [0.25, 0.3) is 0 Å². The number of ether oxygens (including phenoxy) is 1. The molecule has 1 amide bonds. The van der Waals surface area contributed by atoms with Crippen LogP contribution < -0.4 is 5.32 Å². The summed E-state index contributed by atoms with van der Waals surface area (Å²) in [6.07, 6.45) is 0.0450. The van der Waals surface area contributed by atoms with Crippen molar-refractivity contribution in [1.82, 2.24) is 10.3 Å². The van der Waals surface area contributed by atoms with Crippen LogP contribution >= 0.6 is 11.3 Å². The van der Waals surface area contributed by atoms with Crippen LogP contribution in [0.3, 0.4) is 0 Å². The van der Waals surface area contributed by atoms with Crippen LogP contribution in [0.2, 0.25) is 0 Å². The molecule has 2 N–H and O–H groups in total. The van der Waals surface area contributed by atoms with Crippen molar-refractivity contribution in [3.8, 4) is 0 Å². The van der Waals surface area contributed by atoms with Crippen LogP contribution in [0, 0.1) is 0 Å². The SMILES string of the molecule is CCOC(C)C(=O)NCCc1nc(C(=O)O)cs1. The van der Waals surface area contributed by atoms with E-state index in [-0.39, 0.29) is 11.6 Å². The van der Waals surface area contributed by atoms with Gasteiger partial charge in [0.2, 0.25) is 5.91 Å². The van der Waals surface area contributed by atoms with E-state index in [1.807, 2.05) is 6.92 Å². The second-order valence-electron chi connectivity index (χ2n) is 3.57. The van der Waals surface area contributed by atoms with E-state index in [1.54, 1.807) is 6.92 Å². The first-order chi connectivity index (χ1) is 8.54. The number of carboxylic acid groups (broad SMARTS) is 1. The molecule has 0 saturated heterocycles. The van der Waals surface area contributed by atoms with Crippen LogP contribution in [-0.4, -0.2) is 41.2 Å². The predicted octanol–water partition coefficient (Wildman–Crippen LogP) is 0.925. The second-order valence-corrected chi connectivity index (χ2v) is 4.51. The number of hydrogen-bond donors (Lipinski definition) is 2. The fourth-order valence-electron chi connectivity index (χ4n) is 1.29. The van der Waals surface area contributed by atoms with Gasteiger partial charge >= 0.3 is 5.97 Å². The summed E-state index contributed by atoms with van der Waals surface area (Å²) >= 11 is 1.27. The lowest BCUT2D eigenvalue weighted by Gasteiger charge is -2.11. The Kier molecular flexibility index (Phi) is 5.73. The molecule has 0 aliphatic carbocycles. The number of aromatic carboxylic acids is 1. The molecule has 1 heterocycles. The van der Waals surface area contributed by atoms with Gasteiger partial charge < -0.3 is 15.2 Å². The summed E-state index contributed by atoms with van der Waals surface area (Å²) in [7, 11) is 0. The number of carbonyl (C=O) groups is 2. The lowest BCUT2D eigenvalue weighted by molar-refractivity contribution is -0.131. The lowest BCUT2D eigenvalue weighted by Crippen LogP contribution is -2.35. The van der Waals surface area contributed by atoms with Gasteiger partial charge in [0.05, 0.1) is 5.01 Å². The third-order valence-electron chi connectivity index (χ3n) is 2.19. The molecular weight excluding hydrogens is 256 g/mol. The van der Waals surface area contributed by atoms with Crippen molar-refractivity contribution < 1.29 is 19.4 Å². The minimum absolute atomic E-state index is 0.0454. The van der Waals surface area contributed by atoms with Gasteiger partial charge in [0.1, 0.15) is 6.10 Å². The maximum atomic E-state index is 11.5.